The SMILES string of the molecule is CNC(=O)CN1c2ccccc2C(=O)N(C)[C@H]1c1ccc(-c2ccc(Cl)cc2)o1. The van der Waals surface area contributed by atoms with Gasteiger partial charge in [-0.2, -0.15) is 0 Å². The quantitative estimate of drug-likeness (QED) is 0.708. The van der Waals surface area contributed by atoms with Crippen LogP contribution in [-0.2, 0) is 4.79 Å². The third-order valence-electron chi connectivity index (χ3n) is 5.03. The molecule has 0 radical (unpaired) electrons. The summed E-state index contributed by atoms with van der Waals surface area (Å²) in [5.74, 6) is 0.959. The Labute approximate surface area is 173 Å². The van der Waals surface area contributed by atoms with Crippen molar-refractivity contribution in [2.75, 3.05) is 25.5 Å². The minimum absolute atomic E-state index is 0.0901. The number of anilines is 1. The largest absolute Gasteiger partial charge is 0.457 e. The van der Waals surface area contributed by atoms with Crippen LogP contribution in [-0.4, -0.2) is 37.4 Å². The van der Waals surface area contributed by atoms with E-state index >= 15 is 0 Å². The van der Waals surface area contributed by atoms with Crippen LogP contribution in [0, 0.1) is 0 Å². The number of amides is 2. The van der Waals surface area contributed by atoms with E-state index in [1.807, 2.05) is 47.4 Å². The molecule has 1 N–H and O–H groups in total. The molecule has 0 spiro atoms. The number of likely N-dealkylation sites (N-methyl/N-ethyl adjacent to an activating group) is 1. The maximum Gasteiger partial charge on any atom is 0.257 e. The van der Waals surface area contributed by atoms with E-state index in [-0.39, 0.29) is 18.4 Å². The lowest BCUT2D eigenvalue weighted by Gasteiger charge is -2.42. The van der Waals surface area contributed by atoms with Crippen molar-refractivity contribution in [1.82, 2.24) is 10.2 Å². The molecule has 2 aromatic carbocycles. The van der Waals surface area contributed by atoms with Crippen molar-refractivity contribution in [2.24, 2.45) is 0 Å². The van der Waals surface area contributed by atoms with Gasteiger partial charge in [0.05, 0.1) is 17.8 Å². The molecule has 2 heterocycles. The normalized spacial score (nSPS) is 16.0. The van der Waals surface area contributed by atoms with Crippen molar-refractivity contribution >= 4 is 29.1 Å². The number of carbonyl (C=O) groups excluding carboxylic acids is 2. The maximum absolute atomic E-state index is 13.0. The molecule has 2 amide bonds. The molecule has 6 nitrogen and oxygen atoms in total. The van der Waals surface area contributed by atoms with E-state index in [4.69, 9.17) is 16.0 Å². The fourth-order valence-corrected chi connectivity index (χ4v) is 3.68. The third kappa shape index (κ3) is 3.47. The molecular formula is C22H20ClN3O3. The van der Waals surface area contributed by atoms with Gasteiger partial charge in [0.1, 0.15) is 11.5 Å². The first kappa shape index (κ1) is 19.1. The standard InChI is InChI=1S/C22H20ClN3O3/c1-24-20(27)13-26-17-6-4-3-5-16(17)22(28)25(2)21(26)19-12-11-18(29-19)14-7-9-15(23)10-8-14/h3-12,21H,13H2,1-2H3,(H,24,27)/t21-/m1/s1. The van der Waals surface area contributed by atoms with E-state index in [0.29, 0.717) is 27.8 Å². The number of nitrogens with zero attached hydrogens (tertiary/aromatic N) is 2. The summed E-state index contributed by atoms with van der Waals surface area (Å²) in [7, 11) is 3.30. The van der Waals surface area contributed by atoms with Crippen LogP contribution in [0.1, 0.15) is 22.3 Å². The predicted octanol–water partition coefficient (Wildman–Crippen LogP) is 3.94. The van der Waals surface area contributed by atoms with E-state index in [1.54, 1.807) is 37.2 Å². The summed E-state index contributed by atoms with van der Waals surface area (Å²) in [5.41, 5.74) is 2.14. The zero-order chi connectivity index (χ0) is 20.5. The van der Waals surface area contributed by atoms with Crippen LogP contribution in [0.5, 0.6) is 0 Å². The topological polar surface area (TPSA) is 65.8 Å². The Kier molecular flexibility index (Phi) is 5.03. The number of hydrogen-bond acceptors (Lipinski definition) is 4. The molecule has 0 aliphatic carbocycles. The molecule has 4 rings (SSSR count). The van der Waals surface area contributed by atoms with E-state index < -0.39 is 6.17 Å². The van der Waals surface area contributed by atoms with Gasteiger partial charge in [0.2, 0.25) is 5.91 Å². The summed E-state index contributed by atoms with van der Waals surface area (Å²) < 4.78 is 6.12. The highest BCUT2D eigenvalue weighted by Crippen LogP contribution is 2.39. The molecule has 0 bridgehead atoms. The van der Waals surface area contributed by atoms with Gasteiger partial charge in [-0.25, -0.2) is 0 Å². The highest BCUT2D eigenvalue weighted by Gasteiger charge is 2.38. The van der Waals surface area contributed by atoms with Crippen molar-refractivity contribution in [3.05, 3.63) is 77.0 Å². The second kappa shape index (κ2) is 7.64. The summed E-state index contributed by atoms with van der Waals surface area (Å²) in [6.07, 6.45) is -0.546. The fourth-order valence-electron chi connectivity index (χ4n) is 3.56. The Morgan fingerprint density at radius 2 is 1.83 bits per heavy atom. The van der Waals surface area contributed by atoms with Crippen LogP contribution < -0.4 is 10.2 Å². The van der Waals surface area contributed by atoms with E-state index in [2.05, 4.69) is 5.32 Å². The minimum atomic E-state index is -0.546. The molecule has 1 aliphatic heterocycles. The maximum atomic E-state index is 13.0. The molecule has 1 atom stereocenters. The molecule has 1 aromatic heterocycles. The van der Waals surface area contributed by atoms with Crippen LogP contribution in [0.4, 0.5) is 5.69 Å². The Bertz CT molecular complexity index is 1060. The number of para-hydroxylation sites is 1. The number of carbonyl (C=O) groups is 2. The number of halogens is 1. The predicted molar refractivity (Wildman–Crippen MR) is 112 cm³/mol. The van der Waals surface area contributed by atoms with E-state index in [9.17, 15) is 9.59 Å². The van der Waals surface area contributed by atoms with Gasteiger partial charge >= 0.3 is 0 Å². The number of benzene rings is 2. The average Bonchev–Trinajstić information content (AvgIpc) is 3.22. The average molecular weight is 410 g/mol. The highest BCUT2D eigenvalue weighted by atomic mass is 35.5. The number of rotatable bonds is 4. The lowest BCUT2D eigenvalue weighted by Crippen LogP contribution is -2.50. The number of hydrogen-bond donors (Lipinski definition) is 1. The van der Waals surface area contributed by atoms with Crippen molar-refractivity contribution in [1.29, 1.82) is 0 Å². The van der Waals surface area contributed by atoms with Crippen molar-refractivity contribution < 1.29 is 14.0 Å². The first-order valence-corrected chi connectivity index (χ1v) is 9.56. The zero-order valence-electron chi connectivity index (χ0n) is 16.1. The molecule has 0 saturated heterocycles. The molecule has 7 heteroatoms. The monoisotopic (exact) mass is 409 g/mol. The van der Waals surface area contributed by atoms with Crippen molar-refractivity contribution in [3.8, 4) is 11.3 Å². The Morgan fingerprint density at radius 3 is 2.55 bits per heavy atom. The summed E-state index contributed by atoms with van der Waals surface area (Å²) in [4.78, 5) is 28.6. The zero-order valence-corrected chi connectivity index (χ0v) is 16.8. The molecule has 1 aliphatic rings. The van der Waals surface area contributed by atoms with Crippen LogP contribution in [0.15, 0.2) is 65.1 Å². The molecule has 0 saturated carbocycles. The smallest absolute Gasteiger partial charge is 0.257 e. The van der Waals surface area contributed by atoms with Gasteiger partial charge in [-0.05, 0) is 48.5 Å². The second-order valence-electron chi connectivity index (χ2n) is 6.82. The summed E-state index contributed by atoms with van der Waals surface area (Å²) in [6, 6.07) is 18.3. The Balaban J connectivity index is 1.77. The number of furan rings is 1. The van der Waals surface area contributed by atoms with E-state index in [1.165, 1.54) is 0 Å². The molecular weight excluding hydrogens is 390 g/mol. The van der Waals surface area contributed by atoms with Gasteiger partial charge in [-0.1, -0.05) is 23.7 Å². The van der Waals surface area contributed by atoms with Gasteiger partial charge in [-0.3, -0.25) is 9.59 Å². The summed E-state index contributed by atoms with van der Waals surface area (Å²) in [6.45, 7) is 0.0901. The summed E-state index contributed by atoms with van der Waals surface area (Å²) in [5, 5.41) is 3.30. The molecule has 29 heavy (non-hydrogen) atoms. The van der Waals surface area contributed by atoms with Gasteiger partial charge in [0.15, 0.2) is 6.17 Å². The molecule has 148 valence electrons. The Hall–Kier alpha value is -3.25. The molecule has 3 aromatic rings. The molecule has 0 unspecified atom stereocenters. The number of fused-ring (bicyclic) bond motifs is 1. The van der Waals surface area contributed by atoms with Gasteiger partial charge in [-0.15, -0.1) is 0 Å². The van der Waals surface area contributed by atoms with Gasteiger partial charge < -0.3 is 19.5 Å². The number of nitrogens with one attached hydrogen (secondary N) is 1. The minimum Gasteiger partial charge on any atom is -0.457 e. The van der Waals surface area contributed by atoms with Crippen LogP contribution in [0.25, 0.3) is 11.3 Å². The van der Waals surface area contributed by atoms with Crippen molar-refractivity contribution in [3.63, 3.8) is 0 Å². The van der Waals surface area contributed by atoms with Gasteiger partial charge in [0.25, 0.3) is 5.91 Å². The fraction of sp³-hybridized carbons (Fsp3) is 0.182. The highest BCUT2D eigenvalue weighted by molar-refractivity contribution is 6.30. The van der Waals surface area contributed by atoms with Crippen LogP contribution in [0.3, 0.4) is 0 Å². The van der Waals surface area contributed by atoms with Crippen LogP contribution >= 0.6 is 11.6 Å². The third-order valence-corrected chi connectivity index (χ3v) is 5.28. The first-order valence-electron chi connectivity index (χ1n) is 9.18. The van der Waals surface area contributed by atoms with Gasteiger partial charge in [0, 0.05) is 24.7 Å². The van der Waals surface area contributed by atoms with Crippen LogP contribution in [0.2, 0.25) is 5.02 Å². The first-order chi connectivity index (χ1) is 14.0. The Morgan fingerprint density at radius 1 is 1.10 bits per heavy atom. The van der Waals surface area contributed by atoms with Crippen molar-refractivity contribution in [2.45, 2.75) is 6.17 Å². The molecule has 0 fully saturated rings. The lowest BCUT2D eigenvalue weighted by molar-refractivity contribution is -0.119. The second-order valence-corrected chi connectivity index (χ2v) is 7.25. The lowest BCUT2D eigenvalue weighted by atomic mass is 10.0. The summed E-state index contributed by atoms with van der Waals surface area (Å²) >= 11 is 5.97. The van der Waals surface area contributed by atoms with E-state index in [0.717, 1.165) is 5.56 Å².